The van der Waals surface area contributed by atoms with E-state index in [1.54, 1.807) is 0 Å². The van der Waals surface area contributed by atoms with E-state index in [2.05, 4.69) is 35.3 Å². The molecule has 4 nitrogen and oxygen atoms in total. The van der Waals surface area contributed by atoms with Crippen molar-refractivity contribution in [1.82, 2.24) is 5.32 Å². The van der Waals surface area contributed by atoms with Crippen LogP contribution in [-0.2, 0) is 11.2 Å². The highest BCUT2D eigenvalue weighted by Crippen LogP contribution is 2.39. The second-order valence-corrected chi connectivity index (χ2v) is 6.78. The van der Waals surface area contributed by atoms with Crippen LogP contribution in [0, 0.1) is 17.2 Å². The second kappa shape index (κ2) is 5.64. The zero-order chi connectivity index (χ0) is 15.7. The molecule has 3 rings (SSSR count). The van der Waals surface area contributed by atoms with E-state index in [0.717, 1.165) is 31.4 Å². The Labute approximate surface area is 132 Å². The number of carbonyl (C=O) groups excluding carboxylic acids is 1. The molecule has 0 radical (unpaired) electrons. The largest absolute Gasteiger partial charge is 0.359 e. The monoisotopic (exact) mass is 297 g/mol. The Bertz CT molecular complexity index is 617. The average Bonchev–Trinajstić information content (AvgIpc) is 3.35. The minimum Gasteiger partial charge on any atom is -0.359 e. The molecule has 1 aliphatic carbocycles. The average molecular weight is 297 g/mol. The van der Waals surface area contributed by atoms with Crippen molar-refractivity contribution in [1.29, 1.82) is 5.26 Å². The Morgan fingerprint density at radius 1 is 1.41 bits per heavy atom. The highest BCUT2D eigenvalue weighted by molar-refractivity contribution is 5.83. The van der Waals surface area contributed by atoms with Crippen LogP contribution < -0.4 is 10.2 Å². The summed E-state index contributed by atoms with van der Waals surface area (Å²) in [6.45, 7) is 4.33. The standard InChI is InChI=1S/C18H23N3O/c1-13-7-8-14-5-3-4-6-16(14)21(13)11-17(22)20-18(2,12-19)15-9-10-15/h3-6,13,15H,7-11H2,1-2H3,(H,20,22). The predicted molar refractivity (Wildman–Crippen MR) is 86.5 cm³/mol. The SMILES string of the molecule is CC1CCc2ccccc2N1CC(=O)NC(C)(C#N)C1CC1. The molecule has 1 saturated carbocycles. The first kappa shape index (κ1) is 14.9. The molecular weight excluding hydrogens is 274 g/mol. The van der Waals surface area contributed by atoms with E-state index in [1.165, 1.54) is 5.56 Å². The van der Waals surface area contributed by atoms with Gasteiger partial charge < -0.3 is 10.2 Å². The second-order valence-electron chi connectivity index (χ2n) is 6.78. The van der Waals surface area contributed by atoms with E-state index in [-0.39, 0.29) is 5.91 Å². The van der Waals surface area contributed by atoms with Crippen molar-refractivity contribution < 1.29 is 4.79 Å². The van der Waals surface area contributed by atoms with Crippen LogP contribution in [0.25, 0.3) is 0 Å². The van der Waals surface area contributed by atoms with Gasteiger partial charge in [0, 0.05) is 11.7 Å². The summed E-state index contributed by atoms with van der Waals surface area (Å²) in [4.78, 5) is 14.6. The number of rotatable bonds is 4. The van der Waals surface area contributed by atoms with Crippen molar-refractivity contribution in [2.75, 3.05) is 11.4 Å². The van der Waals surface area contributed by atoms with Crippen LogP contribution in [0.15, 0.2) is 24.3 Å². The van der Waals surface area contributed by atoms with Crippen molar-refractivity contribution in [3.8, 4) is 6.07 Å². The molecule has 1 aromatic carbocycles. The van der Waals surface area contributed by atoms with Gasteiger partial charge in [0.05, 0.1) is 12.6 Å². The van der Waals surface area contributed by atoms with Gasteiger partial charge in [-0.05, 0) is 57.1 Å². The lowest BCUT2D eigenvalue weighted by molar-refractivity contribution is -0.121. The number of fused-ring (bicyclic) bond motifs is 1. The highest BCUT2D eigenvalue weighted by Gasteiger charge is 2.43. The number of carbonyl (C=O) groups is 1. The van der Waals surface area contributed by atoms with Crippen LogP contribution in [0.2, 0.25) is 0 Å². The molecule has 0 saturated heterocycles. The van der Waals surface area contributed by atoms with Crippen LogP contribution in [0.3, 0.4) is 0 Å². The number of para-hydroxylation sites is 1. The first-order valence-electron chi connectivity index (χ1n) is 8.10. The molecule has 0 bridgehead atoms. The van der Waals surface area contributed by atoms with E-state index in [9.17, 15) is 10.1 Å². The topological polar surface area (TPSA) is 56.1 Å². The fourth-order valence-electron chi connectivity index (χ4n) is 3.37. The molecular formula is C18H23N3O. The van der Waals surface area contributed by atoms with E-state index in [0.29, 0.717) is 18.5 Å². The Morgan fingerprint density at radius 2 is 2.14 bits per heavy atom. The van der Waals surface area contributed by atoms with Crippen LogP contribution >= 0.6 is 0 Å². The summed E-state index contributed by atoms with van der Waals surface area (Å²) >= 11 is 0. The molecule has 2 atom stereocenters. The molecule has 116 valence electrons. The van der Waals surface area contributed by atoms with Crippen LogP contribution in [0.5, 0.6) is 0 Å². The lowest BCUT2D eigenvalue weighted by atomic mass is 9.96. The predicted octanol–water partition coefficient (Wildman–Crippen LogP) is 2.64. The summed E-state index contributed by atoms with van der Waals surface area (Å²) in [5.41, 5.74) is 1.75. The summed E-state index contributed by atoms with van der Waals surface area (Å²) in [6.07, 6.45) is 4.19. The zero-order valence-electron chi connectivity index (χ0n) is 13.3. The molecule has 1 aliphatic heterocycles. The number of hydrogen-bond donors (Lipinski definition) is 1. The van der Waals surface area contributed by atoms with E-state index < -0.39 is 5.54 Å². The summed E-state index contributed by atoms with van der Waals surface area (Å²) in [6, 6.07) is 10.9. The van der Waals surface area contributed by atoms with Gasteiger partial charge in [-0.25, -0.2) is 0 Å². The molecule has 0 spiro atoms. The maximum atomic E-state index is 12.5. The van der Waals surface area contributed by atoms with Crippen molar-refractivity contribution >= 4 is 11.6 Å². The molecule has 22 heavy (non-hydrogen) atoms. The van der Waals surface area contributed by atoms with Crippen LogP contribution in [0.4, 0.5) is 5.69 Å². The fourth-order valence-corrected chi connectivity index (χ4v) is 3.37. The number of nitriles is 1. The molecule has 2 unspecified atom stereocenters. The number of anilines is 1. The molecule has 1 amide bonds. The van der Waals surface area contributed by atoms with Crippen molar-refractivity contribution in [2.45, 2.75) is 51.1 Å². The Morgan fingerprint density at radius 3 is 2.82 bits per heavy atom. The number of hydrogen-bond acceptors (Lipinski definition) is 3. The third-order valence-electron chi connectivity index (χ3n) is 5.00. The Balaban J connectivity index is 1.72. The van der Waals surface area contributed by atoms with Crippen molar-refractivity contribution in [2.24, 2.45) is 5.92 Å². The van der Waals surface area contributed by atoms with Gasteiger partial charge in [-0.2, -0.15) is 5.26 Å². The number of nitrogens with one attached hydrogen (secondary N) is 1. The number of nitrogens with zero attached hydrogens (tertiary/aromatic N) is 2. The molecule has 4 heteroatoms. The molecule has 1 N–H and O–H groups in total. The maximum absolute atomic E-state index is 12.5. The Hall–Kier alpha value is -2.02. The highest BCUT2D eigenvalue weighted by atomic mass is 16.2. The number of amides is 1. The molecule has 1 heterocycles. The van der Waals surface area contributed by atoms with E-state index in [4.69, 9.17) is 0 Å². The molecule has 1 fully saturated rings. The molecule has 2 aliphatic rings. The summed E-state index contributed by atoms with van der Waals surface area (Å²) in [5.74, 6) is 0.256. The van der Waals surface area contributed by atoms with E-state index in [1.807, 2.05) is 19.1 Å². The number of benzene rings is 1. The normalized spacial score (nSPS) is 23.1. The smallest absolute Gasteiger partial charge is 0.240 e. The van der Waals surface area contributed by atoms with Crippen LogP contribution in [0.1, 0.15) is 38.7 Å². The minimum atomic E-state index is -0.713. The van der Waals surface area contributed by atoms with Crippen molar-refractivity contribution in [3.05, 3.63) is 29.8 Å². The van der Waals surface area contributed by atoms with Gasteiger partial charge in [-0.1, -0.05) is 18.2 Å². The van der Waals surface area contributed by atoms with Gasteiger partial charge in [0.15, 0.2) is 0 Å². The van der Waals surface area contributed by atoms with Crippen LogP contribution in [-0.4, -0.2) is 24.0 Å². The quantitative estimate of drug-likeness (QED) is 0.929. The molecule has 1 aromatic rings. The first-order valence-corrected chi connectivity index (χ1v) is 8.10. The summed E-state index contributed by atoms with van der Waals surface area (Å²) < 4.78 is 0. The minimum absolute atomic E-state index is 0.0560. The van der Waals surface area contributed by atoms with Gasteiger partial charge in [0.25, 0.3) is 0 Å². The zero-order valence-corrected chi connectivity index (χ0v) is 13.3. The van der Waals surface area contributed by atoms with Gasteiger partial charge >= 0.3 is 0 Å². The lowest BCUT2D eigenvalue weighted by Crippen LogP contribution is -2.52. The van der Waals surface area contributed by atoms with Gasteiger partial charge in [-0.15, -0.1) is 0 Å². The lowest BCUT2D eigenvalue weighted by Gasteiger charge is -2.37. The third-order valence-corrected chi connectivity index (χ3v) is 5.00. The summed E-state index contributed by atoms with van der Waals surface area (Å²) in [5, 5.41) is 12.3. The van der Waals surface area contributed by atoms with Gasteiger partial charge in [-0.3, -0.25) is 4.79 Å². The maximum Gasteiger partial charge on any atom is 0.240 e. The van der Waals surface area contributed by atoms with Crippen molar-refractivity contribution in [3.63, 3.8) is 0 Å². The fraction of sp³-hybridized carbons (Fsp3) is 0.556. The number of aryl methyl sites for hydroxylation is 1. The third kappa shape index (κ3) is 2.81. The van der Waals surface area contributed by atoms with E-state index >= 15 is 0 Å². The Kier molecular flexibility index (Phi) is 3.82. The first-order chi connectivity index (χ1) is 10.5. The van der Waals surface area contributed by atoms with Gasteiger partial charge in [0.1, 0.15) is 5.54 Å². The van der Waals surface area contributed by atoms with Gasteiger partial charge in [0.2, 0.25) is 5.91 Å². The molecule has 0 aromatic heterocycles. The summed E-state index contributed by atoms with van der Waals surface area (Å²) in [7, 11) is 0.